The zero-order valence-corrected chi connectivity index (χ0v) is 16.5. The van der Waals surface area contributed by atoms with Gasteiger partial charge in [0.25, 0.3) is 5.91 Å². The number of carbonyl (C=O) groups is 2. The van der Waals surface area contributed by atoms with Crippen LogP contribution in [0.15, 0.2) is 30.3 Å². The van der Waals surface area contributed by atoms with Crippen LogP contribution in [-0.2, 0) is 16.0 Å². The first-order valence-electron chi connectivity index (χ1n) is 10.6. The van der Waals surface area contributed by atoms with Crippen molar-refractivity contribution in [1.82, 2.24) is 10.6 Å². The van der Waals surface area contributed by atoms with Crippen LogP contribution in [0.5, 0.6) is 0 Å². The average Bonchev–Trinajstić information content (AvgIpc) is 2.66. The van der Waals surface area contributed by atoms with Gasteiger partial charge in [0, 0.05) is 24.9 Å². The molecule has 1 aliphatic carbocycles. The van der Waals surface area contributed by atoms with Crippen molar-refractivity contribution in [3.05, 3.63) is 35.9 Å². The van der Waals surface area contributed by atoms with Gasteiger partial charge in [0.05, 0.1) is 19.5 Å². The number of quaternary nitrogens is 1. The fourth-order valence-corrected chi connectivity index (χ4v) is 4.42. The molecule has 3 rings (SSSR count). The van der Waals surface area contributed by atoms with E-state index in [1.54, 1.807) is 0 Å². The summed E-state index contributed by atoms with van der Waals surface area (Å²) in [7, 11) is 0. The lowest BCUT2D eigenvalue weighted by Gasteiger charge is -2.32. The number of nitrogens with one attached hydrogen (secondary N) is 3. The molecular formula is C22H34N3O2+. The SMILES string of the molecule is C[C@H]1CCCC[C@@H]1NC(=O)C[NH+]1CCC(NC(=O)Cc2ccccc2)CC1. The fourth-order valence-electron chi connectivity index (χ4n) is 4.42. The van der Waals surface area contributed by atoms with E-state index in [1.807, 2.05) is 30.3 Å². The molecule has 2 aliphatic rings. The molecule has 3 N–H and O–H groups in total. The molecule has 0 aromatic heterocycles. The maximum atomic E-state index is 12.4. The minimum atomic E-state index is 0.0960. The monoisotopic (exact) mass is 372 g/mol. The molecule has 0 unspecified atom stereocenters. The molecule has 1 aromatic carbocycles. The Morgan fingerprint density at radius 1 is 0.963 bits per heavy atom. The molecule has 0 radical (unpaired) electrons. The number of likely N-dealkylation sites (tertiary alicyclic amines) is 1. The molecule has 0 spiro atoms. The normalized spacial score (nSPS) is 28.3. The average molecular weight is 373 g/mol. The second-order valence-corrected chi connectivity index (χ2v) is 8.37. The van der Waals surface area contributed by atoms with Crippen LogP contribution in [-0.4, -0.2) is 43.5 Å². The van der Waals surface area contributed by atoms with Crippen molar-refractivity contribution in [3.8, 4) is 0 Å². The lowest BCUT2D eigenvalue weighted by Crippen LogP contribution is -3.14. The largest absolute Gasteiger partial charge is 0.353 e. The highest BCUT2D eigenvalue weighted by Crippen LogP contribution is 2.23. The first-order chi connectivity index (χ1) is 13.1. The highest BCUT2D eigenvalue weighted by Gasteiger charge is 2.27. The van der Waals surface area contributed by atoms with E-state index in [-0.39, 0.29) is 17.9 Å². The van der Waals surface area contributed by atoms with Crippen molar-refractivity contribution < 1.29 is 14.5 Å². The van der Waals surface area contributed by atoms with Crippen LogP contribution in [0.3, 0.4) is 0 Å². The summed E-state index contributed by atoms with van der Waals surface area (Å²) in [6.45, 7) is 4.71. The Morgan fingerprint density at radius 2 is 1.67 bits per heavy atom. The lowest BCUT2D eigenvalue weighted by molar-refractivity contribution is -0.897. The van der Waals surface area contributed by atoms with E-state index >= 15 is 0 Å². The summed E-state index contributed by atoms with van der Waals surface area (Å²) in [5, 5.41) is 6.42. The van der Waals surface area contributed by atoms with Crippen molar-refractivity contribution in [1.29, 1.82) is 0 Å². The van der Waals surface area contributed by atoms with Gasteiger partial charge in [-0.05, 0) is 24.3 Å². The highest BCUT2D eigenvalue weighted by molar-refractivity contribution is 5.79. The molecule has 1 saturated carbocycles. The zero-order valence-electron chi connectivity index (χ0n) is 16.5. The first kappa shape index (κ1) is 19.9. The van der Waals surface area contributed by atoms with Crippen LogP contribution in [0.2, 0.25) is 0 Å². The highest BCUT2D eigenvalue weighted by atomic mass is 16.2. The van der Waals surface area contributed by atoms with E-state index in [0.29, 0.717) is 24.9 Å². The van der Waals surface area contributed by atoms with Crippen LogP contribution in [0, 0.1) is 5.92 Å². The van der Waals surface area contributed by atoms with Gasteiger partial charge in [0.2, 0.25) is 5.91 Å². The topological polar surface area (TPSA) is 62.6 Å². The number of rotatable bonds is 6. The van der Waals surface area contributed by atoms with Gasteiger partial charge in [-0.2, -0.15) is 0 Å². The third-order valence-corrected chi connectivity index (χ3v) is 6.13. The summed E-state index contributed by atoms with van der Waals surface area (Å²) in [6, 6.07) is 10.5. The predicted molar refractivity (Wildman–Crippen MR) is 106 cm³/mol. The van der Waals surface area contributed by atoms with Crippen LogP contribution >= 0.6 is 0 Å². The number of amides is 2. The van der Waals surface area contributed by atoms with E-state index in [1.165, 1.54) is 24.2 Å². The van der Waals surface area contributed by atoms with E-state index in [2.05, 4.69) is 17.6 Å². The Bertz CT molecular complexity index is 611. The van der Waals surface area contributed by atoms with Gasteiger partial charge < -0.3 is 15.5 Å². The summed E-state index contributed by atoms with van der Waals surface area (Å²) >= 11 is 0. The second-order valence-electron chi connectivity index (χ2n) is 8.37. The van der Waals surface area contributed by atoms with Crippen LogP contribution < -0.4 is 15.5 Å². The van der Waals surface area contributed by atoms with Crippen molar-refractivity contribution >= 4 is 11.8 Å². The summed E-state index contributed by atoms with van der Waals surface area (Å²) < 4.78 is 0. The van der Waals surface area contributed by atoms with Crippen molar-refractivity contribution in [2.45, 2.75) is 64.0 Å². The second kappa shape index (κ2) is 9.88. The van der Waals surface area contributed by atoms with Gasteiger partial charge in [0.1, 0.15) is 0 Å². The fraction of sp³-hybridized carbons (Fsp3) is 0.636. The van der Waals surface area contributed by atoms with Crippen LogP contribution in [0.1, 0.15) is 51.0 Å². The number of hydrogen-bond donors (Lipinski definition) is 3. The summed E-state index contributed by atoms with van der Waals surface area (Å²) in [4.78, 5) is 25.9. The van der Waals surface area contributed by atoms with Crippen molar-refractivity contribution in [2.24, 2.45) is 5.92 Å². The van der Waals surface area contributed by atoms with Gasteiger partial charge >= 0.3 is 0 Å². The van der Waals surface area contributed by atoms with Gasteiger partial charge in [-0.3, -0.25) is 9.59 Å². The van der Waals surface area contributed by atoms with Crippen molar-refractivity contribution in [2.75, 3.05) is 19.6 Å². The van der Waals surface area contributed by atoms with E-state index < -0.39 is 0 Å². The van der Waals surface area contributed by atoms with Gasteiger partial charge in [-0.15, -0.1) is 0 Å². The third kappa shape index (κ3) is 6.35. The zero-order chi connectivity index (χ0) is 19.1. The summed E-state index contributed by atoms with van der Waals surface area (Å²) in [6.07, 6.45) is 7.21. The van der Waals surface area contributed by atoms with Crippen molar-refractivity contribution in [3.63, 3.8) is 0 Å². The van der Waals surface area contributed by atoms with E-state index in [0.717, 1.165) is 37.9 Å². The third-order valence-electron chi connectivity index (χ3n) is 6.13. The molecule has 1 aliphatic heterocycles. The number of carbonyl (C=O) groups excluding carboxylic acids is 2. The molecule has 1 heterocycles. The van der Waals surface area contributed by atoms with E-state index in [4.69, 9.17) is 0 Å². The Kier molecular flexibility index (Phi) is 7.27. The Labute approximate surface area is 162 Å². The van der Waals surface area contributed by atoms with Gasteiger partial charge in [-0.25, -0.2) is 0 Å². The molecule has 27 heavy (non-hydrogen) atoms. The van der Waals surface area contributed by atoms with Gasteiger partial charge in [0.15, 0.2) is 6.54 Å². The molecule has 1 saturated heterocycles. The Balaban J connectivity index is 1.34. The molecule has 0 bridgehead atoms. The molecular weight excluding hydrogens is 338 g/mol. The number of piperidine rings is 1. The van der Waals surface area contributed by atoms with Crippen LogP contribution in [0.4, 0.5) is 0 Å². The lowest BCUT2D eigenvalue weighted by atomic mass is 9.86. The summed E-state index contributed by atoms with van der Waals surface area (Å²) in [5.74, 6) is 0.886. The molecule has 2 amide bonds. The Morgan fingerprint density at radius 3 is 2.37 bits per heavy atom. The molecule has 5 nitrogen and oxygen atoms in total. The Hall–Kier alpha value is -1.88. The first-order valence-corrected chi connectivity index (χ1v) is 10.6. The summed E-state index contributed by atoms with van der Waals surface area (Å²) in [5.41, 5.74) is 1.05. The quantitative estimate of drug-likeness (QED) is 0.700. The van der Waals surface area contributed by atoms with E-state index in [9.17, 15) is 9.59 Å². The smallest absolute Gasteiger partial charge is 0.275 e. The maximum Gasteiger partial charge on any atom is 0.275 e. The van der Waals surface area contributed by atoms with Crippen LogP contribution in [0.25, 0.3) is 0 Å². The minimum Gasteiger partial charge on any atom is -0.353 e. The molecule has 5 heteroatoms. The maximum absolute atomic E-state index is 12.4. The predicted octanol–water partition coefficient (Wildman–Crippen LogP) is 1.09. The molecule has 148 valence electrons. The number of benzene rings is 1. The molecule has 1 aromatic rings. The van der Waals surface area contributed by atoms with Gasteiger partial charge in [-0.1, -0.05) is 50.1 Å². The molecule has 2 fully saturated rings. The minimum absolute atomic E-state index is 0.0960. The standard InChI is InChI=1S/C22H33N3O2/c1-17-7-5-6-10-20(17)24-22(27)16-25-13-11-19(12-14-25)23-21(26)15-18-8-3-2-4-9-18/h2-4,8-9,17,19-20H,5-7,10-16H2,1H3,(H,23,26)(H,24,27)/p+1/t17-,20-/m0/s1. The number of hydrogen-bond acceptors (Lipinski definition) is 2. The molecule has 2 atom stereocenters.